The smallest absolute Gasteiger partial charge is 0.240 e. The van der Waals surface area contributed by atoms with E-state index in [1.807, 2.05) is 0 Å². The van der Waals surface area contributed by atoms with Gasteiger partial charge in [0.25, 0.3) is 0 Å². The number of carbonyl (C=O) groups excluding carboxylic acids is 1. The fourth-order valence-corrected chi connectivity index (χ4v) is 2.68. The van der Waals surface area contributed by atoms with Crippen molar-refractivity contribution < 1.29 is 18.7 Å². The zero-order chi connectivity index (χ0) is 17.6. The second-order valence-corrected chi connectivity index (χ2v) is 5.86. The van der Waals surface area contributed by atoms with Gasteiger partial charge in [0.2, 0.25) is 5.91 Å². The summed E-state index contributed by atoms with van der Waals surface area (Å²) in [6, 6.07) is 8.44. The summed E-state index contributed by atoms with van der Waals surface area (Å²) in [5.41, 5.74) is -0.107. The maximum atomic E-state index is 13.3. The van der Waals surface area contributed by atoms with E-state index in [1.54, 1.807) is 29.1 Å². The van der Waals surface area contributed by atoms with Crippen molar-refractivity contribution in [2.24, 2.45) is 0 Å². The van der Waals surface area contributed by atoms with Gasteiger partial charge in [-0.25, -0.2) is 4.39 Å². The summed E-state index contributed by atoms with van der Waals surface area (Å²) >= 11 is 0. The Morgan fingerprint density at radius 2 is 2.12 bits per heavy atom. The van der Waals surface area contributed by atoms with Crippen LogP contribution in [0.5, 0.6) is 5.75 Å². The number of halogens is 1. The molecule has 1 aromatic carbocycles. The van der Waals surface area contributed by atoms with Crippen LogP contribution in [-0.2, 0) is 16.1 Å². The number of hydrogen-bond donors (Lipinski definition) is 1. The first kappa shape index (κ1) is 17.2. The monoisotopic (exact) mass is 346 g/mol. The highest BCUT2D eigenvalue weighted by Gasteiger charge is 2.29. The average molecular weight is 346 g/mol. The van der Waals surface area contributed by atoms with E-state index in [9.17, 15) is 14.0 Å². The molecule has 25 heavy (non-hydrogen) atoms. The van der Waals surface area contributed by atoms with Gasteiger partial charge < -0.3 is 19.4 Å². The van der Waals surface area contributed by atoms with E-state index < -0.39 is 6.10 Å². The SMILES string of the molecule is O=C(Cn1ccc(=O)cc1)N[C@@H]1CCOC[C@H]1Oc1cccc(F)c1. The molecule has 0 saturated carbocycles. The number of amides is 1. The number of nitrogens with one attached hydrogen (secondary N) is 1. The molecule has 6 nitrogen and oxygen atoms in total. The molecule has 1 fully saturated rings. The molecule has 7 heteroatoms. The average Bonchev–Trinajstić information content (AvgIpc) is 2.59. The van der Waals surface area contributed by atoms with Gasteiger partial charge in [-0.1, -0.05) is 6.07 Å². The third-order valence-electron chi connectivity index (χ3n) is 3.92. The Morgan fingerprint density at radius 3 is 2.88 bits per heavy atom. The lowest BCUT2D eigenvalue weighted by Crippen LogP contribution is -2.52. The van der Waals surface area contributed by atoms with Crippen LogP contribution in [-0.4, -0.2) is 35.8 Å². The van der Waals surface area contributed by atoms with E-state index in [4.69, 9.17) is 9.47 Å². The molecule has 0 spiro atoms. The van der Waals surface area contributed by atoms with Gasteiger partial charge in [-0.15, -0.1) is 0 Å². The Hall–Kier alpha value is -2.67. The van der Waals surface area contributed by atoms with E-state index >= 15 is 0 Å². The molecule has 1 aliphatic rings. The van der Waals surface area contributed by atoms with Crippen LogP contribution in [0.15, 0.2) is 53.6 Å². The van der Waals surface area contributed by atoms with E-state index in [0.29, 0.717) is 25.4 Å². The third kappa shape index (κ3) is 4.90. The molecule has 1 aromatic heterocycles. The lowest BCUT2D eigenvalue weighted by Gasteiger charge is -2.32. The molecule has 0 radical (unpaired) electrons. The van der Waals surface area contributed by atoms with Crippen molar-refractivity contribution in [3.8, 4) is 5.75 Å². The van der Waals surface area contributed by atoms with Gasteiger partial charge in [0.1, 0.15) is 24.2 Å². The molecule has 1 amide bonds. The zero-order valence-electron chi connectivity index (χ0n) is 13.6. The molecule has 132 valence electrons. The normalized spacial score (nSPS) is 20.0. The number of benzene rings is 1. The number of rotatable bonds is 5. The number of ether oxygens (including phenoxy) is 2. The predicted octanol–water partition coefficient (Wildman–Crippen LogP) is 1.34. The molecule has 3 rings (SSSR count). The largest absolute Gasteiger partial charge is 0.486 e. The van der Waals surface area contributed by atoms with Crippen molar-refractivity contribution in [1.29, 1.82) is 0 Å². The molecule has 2 aromatic rings. The molecule has 1 N–H and O–H groups in total. The Balaban J connectivity index is 1.61. The number of aromatic nitrogens is 1. The van der Waals surface area contributed by atoms with Gasteiger partial charge in [-0.2, -0.15) is 0 Å². The van der Waals surface area contributed by atoms with Crippen LogP contribution in [0.3, 0.4) is 0 Å². The van der Waals surface area contributed by atoms with Crippen LogP contribution >= 0.6 is 0 Å². The Morgan fingerprint density at radius 1 is 1.32 bits per heavy atom. The summed E-state index contributed by atoms with van der Waals surface area (Å²) in [6.45, 7) is 0.940. The van der Waals surface area contributed by atoms with Crippen LogP contribution in [0.2, 0.25) is 0 Å². The molecule has 1 aliphatic heterocycles. The standard InChI is InChI=1S/C18H19FN2O4/c19-13-2-1-3-15(10-13)25-17-12-24-9-6-16(17)20-18(23)11-21-7-4-14(22)5-8-21/h1-5,7-8,10,16-17H,6,9,11-12H2,(H,20,23)/t16-,17-/m1/s1. The van der Waals surface area contributed by atoms with Gasteiger partial charge in [0.15, 0.2) is 5.43 Å². The molecule has 0 aliphatic carbocycles. The number of pyridine rings is 1. The summed E-state index contributed by atoms with van der Waals surface area (Å²) in [5.74, 6) is -0.174. The Labute approximate surface area is 144 Å². The highest BCUT2D eigenvalue weighted by atomic mass is 19.1. The van der Waals surface area contributed by atoms with Crippen molar-refractivity contribution in [2.45, 2.75) is 25.1 Å². The molecule has 2 heterocycles. The van der Waals surface area contributed by atoms with Crippen molar-refractivity contribution in [2.75, 3.05) is 13.2 Å². The van der Waals surface area contributed by atoms with Gasteiger partial charge >= 0.3 is 0 Å². The van der Waals surface area contributed by atoms with E-state index in [0.717, 1.165) is 0 Å². The maximum Gasteiger partial charge on any atom is 0.240 e. The molecule has 0 bridgehead atoms. The van der Waals surface area contributed by atoms with Crippen LogP contribution in [0.4, 0.5) is 4.39 Å². The Kier molecular flexibility index (Phi) is 5.45. The minimum atomic E-state index is -0.395. The van der Waals surface area contributed by atoms with Gasteiger partial charge in [-0.05, 0) is 18.6 Å². The minimum Gasteiger partial charge on any atom is -0.486 e. The van der Waals surface area contributed by atoms with Crippen molar-refractivity contribution >= 4 is 5.91 Å². The van der Waals surface area contributed by atoms with E-state index in [-0.39, 0.29) is 29.7 Å². The number of hydrogen-bond acceptors (Lipinski definition) is 4. The molecular weight excluding hydrogens is 327 g/mol. The topological polar surface area (TPSA) is 69.6 Å². The van der Waals surface area contributed by atoms with Crippen LogP contribution < -0.4 is 15.5 Å². The van der Waals surface area contributed by atoms with Gasteiger partial charge in [-0.3, -0.25) is 9.59 Å². The first-order valence-corrected chi connectivity index (χ1v) is 8.05. The van der Waals surface area contributed by atoms with E-state index in [1.165, 1.54) is 24.3 Å². The number of nitrogens with zero attached hydrogens (tertiary/aromatic N) is 1. The molecule has 2 atom stereocenters. The zero-order valence-corrected chi connectivity index (χ0v) is 13.6. The van der Waals surface area contributed by atoms with Crippen LogP contribution in [0, 0.1) is 5.82 Å². The second-order valence-electron chi connectivity index (χ2n) is 5.86. The Bertz CT molecular complexity index is 772. The van der Waals surface area contributed by atoms with Gasteiger partial charge in [0, 0.05) is 37.2 Å². The lowest BCUT2D eigenvalue weighted by atomic mass is 10.1. The first-order valence-electron chi connectivity index (χ1n) is 8.05. The summed E-state index contributed by atoms with van der Waals surface area (Å²) in [7, 11) is 0. The minimum absolute atomic E-state index is 0.102. The fourth-order valence-electron chi connectivity index (χ4n) is 2.68. The molecular formula is C18H19FN2O4. The summed E-state index contributed by atoms with van der Waals surface area (Å²) < 4.78 is 26.1. The summed E-state index contributed by atoms with van der Waals surface area (Å²) in [6.07, 6.45) is 3.34. The van der Waals surface area contributed by atoms with Crippen LogP contribution in [0.25, 0.3) is 0 Å². The van der Waals surface area contributed by atoms with Crippen molar-refractivity contribution in [3.63, 3.8) is 0 Å². The van der Waals surface area contributed by atoms with Crippen molar-refractivity contribution in [3.05, 3.63) is 64.8 Å². The molecule has 1 saturated heterocycles. The highest BCUT2D eigenvalue weighted by Crippen LogP contribution is 2.18. The summed E-state index contributed by atoms with van der Waals surface area (Å²) in [5, 5.41) is 2.93. The van der Waals surface area contributed by atoms with Crippen LogP contribution in [0.1, 0.15) is 6.42 Å². The lowest BCUT2D eigenvalue weighted by molar-refractivity contribution is -0.124. The van der Waals surface area contributed by atoms with Crippen molar-refractivity contribution in [1.82, 2.24) is 9.88 Å². The fraction of sp³-hybridized carbons (Fsp3) is 0.333. The predicted molar refractivity (Wildman–Crippen MR) is 88.9 cm³/mol. The first-order chi connectivity index (χ1) is 12.1. The number of carbonyl (C=O) groups is 1. The molecule has 0 unspecified atom stereocenters. The summed E-state index contributed by atoms with van der Waals surface area (Å²) in [4.78, 5) is 23.3. The third-order valence-corrected chi connectivity index (χ3v) is 3.92. The second kappa shape index (κ2) is 7.94. The van der Waals surface area contributed by atoms with Gasteiger partial charge in [0.05, 0.1) is 12.6 Å². The highest BCUT2D eigenvalue weighted by molar-refractivity contribution is 5.76. The van der Waals surface area contributed by atoms with E-state index in [2.05, 4.69) is 5.32 Å². The maximum absolute atomic E-state index is 13.3. The quantitative estimate of drug-likeness (QED) is 0.887.